The van der Waals surface area contributed by atoms with E-state index >= 15 is 0 Å². The molecule has 0 radical (unpaired) electrons. The first-order valence-electron chi connectivity index (χ1n) is 5.84. The molecule has 0 aromatic carbocycles. The summed E-state index contributed by atoms with van der Waals surface area (Å²) in [5.74, 6) is 1.50. The summed E-state index contributed by atoms with van der Waals surface area (Å²) in [7, 11) is 0. The molecule has 1 aromatic rings. The molecule has 0 bridgehead atoms. The molecule has 1 aliphatic rings. The molecule has 0 saturated heterocycles. The van der Waals surface area contributed by atoms with Gasteiger partial charge in [-0.25, -0.2) is 4.98 Å². The third-order valence-electron chi connectivity index (χ3n) is 3.08. The molecule has 17 heavy (non-hydrogen) atoms. The monoisotopic (exact) mass is 336 g/mol. The van der Waals surface area contributed by atoms with Gasteiger partial charge < -0.3 is 5.32 Å². The van der Waals surface area contributed by atoms with Crippen molar-refractivity contribution in [2.45, 2.75) is 31.1 Å². The Morgan fingerprint density at radius 3 is 3.00 bits per heavy atom. The predicted molar refractivity (Wildman–Crippen MR) is 77.0 cm³/mol. The fraction of sp³-hybridized carbons (Fsp3) is 0.583. The molecule has 1 N–H and O–H groups in total. The molecule has 2 nitrogen and oxygen atoms in total. The molecule has 2 unspecified atom stereocenters. The molecule has 2 atom stereocenters. The van der Waals surface area contributed by atoms with E-state index in [1.165, 1.54) is 12.8 Å². The zero-order valence-corrected chi connectivity index (χ0v) is 12.5. The minimum absolute atomic E-state index is 0.345. The molecule has 1 fully saturated rings. The van der Waals surface area contributed by atoms with Crippen molar-refractivity contribution in [2.24, 2.45) is 5.92 Å². The van der Waals surface area contributed by atoms with Gasteiger partial charge in [0, 0.05) is 18.1 Å². The smallest absolute Gasteiger partial charge is 0.140 e. The van der Waals surface area contributed by atoms with Crippen LogP contribution in [0.15, 0.2) is 16.7 Å². The molecule has 0 aliphatic heterocycles. The zero-order valence-electron chi connectivity index (χ0n) is 9.43. The normalized spacial score (nSPS) is 24.6. The Labute approximate surface area is 120 Å². The maximum atomic E-state index is 6.18. The van der Waals surface area contributed by atoms with Crippen molar-refractivity contribution < 1.29 is 0 Å². The van der Waals surface area contributed by atoms with Crippen LogP contribution in [0.25, 0.3) is 0 Å². The largest absolute Gasteiger partial charge is 0.369 e. The number of nitrogens with zero attached hydrogens (tertiary/aromatic N) is 1. The topological polar surface area (TPSA) is 24.9 Å². The molecule has 1 heterocycles. The molecule has 5 heteroatoms. The van der Waals surface area contributed by atoms with Gasteiger partial charge >= 0.3 is 0 Å². The minimum Gasteiger partial charge on any atom is -0.369 e. The van der Waals surface area contributed by atoms with Crippen LogP contribution >= 0.6 is 39.1 Å². The molecule has 0 amide bonds. The summed E-state index contributed by atoms with van der Waals surface area (Å²) >= 11 is 15.5. The van der Waals surface area contributed by atoms with Gasteiger partial charge in [0.25, 0.3) is 0 Å². The van der Waals surface area contributed by atoms with Crippen molar-refractivity contribution in [1.29, 1.82) is 0 Å². The highest BCUT2D eigenvalue weighted by molar-refractivity contribution is 9.10. The Kier molecular flexibility index (Phi) is 4.95. The highest BCUT2D eigenvalue weighted by atomic mass is 79.9. The lowest BCUT2D eigenvalue weighted by atomic mass is 9.89. The molecule has 94 valence electrons. The van der Waals surface area contributed by atoms with E-state index in [0.717, 1.165) is 29.7 Å². The number of alkyl halides is 1. The average Bonchev–Trinajstić information content (AvgIpc) is 2.28. The highest BCUT2D eigenvalue weighted by Crippen LogP contribution is 2.29. The summed E-state index contributed by atoms with van der Waals surface area (Å²) in [6.07, 6.45) is 6.39. The van der Waals surface area contributed by atoms with Crippen LogP contribution in [0.1, 0.15) is 25.7 Å². The van der Waals surface area contributed by atoms with E-state index in [9.17, 15) is 0 Å². The van der Waals surface area contributed by atoms with E-state index in [1.807, 2.05) is 6.07 Å². The summed E-state index contributed by atoms with van der Waals surface area (Å²) in [6.45, 7) is 0.927. The van der Waals surface area contributed by atoms with Crippen LogP contribution in [-0.2, 0) is 0 Å². The van der Waals surface area contributed by atoms with Gasteiger partial charge in [0.05, 0.1) is 9.50 Å². The standard InChI is InChI=1S/C12H15BrCl2N2/c13-11-5-10(15)7-17-12(11)16-6-8-2-1-3-9(14)4-8/h5,7-9H,1-4,6H2,(H,16,17). The Hall–Kier alpha value is 0.01000. The number of nitrogens with one attached hydrogen (secondary N) is 1. The highest BCUT2D eigenvalue weighted by Gasteiger charge is 2.20. The Morgan fingerprint density at radius 2 is 2.29 bits per heavy atom. The van der Waals surface area contributed by atoms with Gasteiger partial charge in [-0.1, -0.05) is 18.0 Å². The first-order chi connectivity index (χ1) is 8.15. The molecule has 1 aromatic heterocycles. The fourth-order valence-corrected chi connectivity index (χ4v) is 3.38. The first-order valence-corrected chi connectivity index (χ1v) is 7.45. The second kappa shape index (κ2) is 6.26. The molecule has 1 aliphatic carbocycles. The Bertz CT molecular complexity index is 387. The van der Waals surface area contributed by atoms with Gasteiger partial charge in [-0.2, -0.15) is 0 Å². The van der Waals surface area contributed by atoms with E-state index in [-0.39, 0.29) is 0 Å². The Balaban J connectivity index is 1.88. The van der Waals surface area contributed by atoms with Gasteiger partial charge in [-0.15, -0.1) is 11.6 Å². The van der Waals surface area contributed by atoms with Crippen molar-refractivity contribution in [3.05, 3.63) is 21.8 Å². The number of rotatable bonds is 3. The molecule has 0 spiro atoms. The van der Waals surface area contributed by atoms with Crippen LogP contribution in [0.4, 0.5) is 5.82 Å². The fourth-order valence-electron chi connectivity index (χ4n) is 2.20. The molecule has 2 rings (SSSR count). The number of hydrogen-bond acceptors (Lipinski definition) is 2. The predicted octanol–water partition coefficient (Wildman–Crippen LogP) is 4.71. The van der Waals surface area contributed by atoms with Crippen molar-refractivity contribution >= 4 is 44.9 Å². The second-order valence-electron chi connectivity index (χ2n) is 4.49. The van der Waals surface area contributed by atoms with Crippen LogP contribution in [0.2, 0.25) is 5.02 Å². The summed E-state index contributed by atoms with van der Waals surface area (Å²) in [4.78, 5) is 4.26. The van der Waals surface area contributed by atoms with Crippen molar-refractivity contribution in [3.8, 4) is 0 Å². The van der Waals surface area contributed by atoms with E-state index in [4.69, 9.17) is 23.2 Å². The summed E-state index contributed by atoms with van der Waals surface area (Å²) in [5, 5.41) is 4.34. The van der Waals surface area contributed by atoms with Gasteiger partial charge in [-0.05, 0) is 47.2 Å². The van der Waals surface area contributed by atoms with Gasteiger partial charge in [0.15, 0.2) is 0 Å². The minimum atomic E-state index is 0.345. The summed E-state index contributed by atoms with van der Waals surface area (Å²) < 4.78 is 0.906. The SMILES string of the molecule is Clc1cnc(NCC2CCCC(Cl)C2)c(Br)c1. The number of anilines is 1. The van der Waals surface area contributed by atoms with E-state index in [2.05, 4.69) is 26.2 Å². The van der Waals surface area contributed by atoms with Crippen LogP contribution in [0.3, 0.4) is 0 Å². The molecular formula is C12H15BrCl2N2. The third-order valence-corrected chi connectivity index (χ3v) is 4.29. The lowest BCUT2D eigenvalue weighted by molar-refractivity contribution is 0.378. The molecular weight excluding hydrogens is 323 g/mol. The first kappa shape index (κ1) is 13.4. The lowest BCUT2D eigenvalue weighted by Crippen LogP contribution is -2.22. The van der Waals surface area contributed by atoms with Crippen LogP contribution in [-0.4, -0.2) is 16.9 Å². The molecule has 1 saturated carbocycles. The van der Waals surface area contributed by atoms with Gasteiger partial charge in [0.1, 0.15) is 5.82 Å². The number of hydrogen-bond donors (Lipinski definition) is 1. The zero-order chi connectivity index (χ0) is 12.3. The van der Waals surface area contributed by atoms with E-state index in [1.54, 1.807) is 6.20 Å². The van der Waals surface area contributed by atoms with Crippen molar-refractivity contribution in [3.63, 3.8) is 0 Å². The van der Waals surface area contributed by atoms with Crippen LogP contribution in [0.5, 0.6) is 0 Å². The van der Waals surface area contributed by atoms with Gasteiger partial charge in [-0.3, -0.25) is 0 Å². The number of pyridine rings is 1. The van der Waals surface area contributed by atoms with Crippen molar-refractivity contribution in [2.75, 3.05) is 11.9 Å². The average molecular weight is 338 g/mol. The number of aromatic nitrogens is 1. The third kappa shape index (κ3) is 4.01. The number of halogens is 3. The van der Waals surface area contributed by atoms with E-state index < -0.39 is 0 Å². The quantitative estimate of drug-likeness (QED) is 0.808. The van der Waals surface area contributed by atoms with Crippen LogP contribution < -0.4 is 5.32 Å². The van der Waals surface area contributed by atoms with Gasteiger partial charge in [0.2, 0.25) is 0 Å². The maximum absolute atomic E-state index is 6.18. The maximum Gasteiger partial charge on any atom is 0.140 e. The van der Waals surface area contributed by atoms with Crippen molar-refractivity contribution in [1.82, 2.24) is 4.98 Å². The summed E-state index contributed by atoms with van der Waals surface area (Å²) in [6, 6.07) is 1.85. The second-order valence-corrected chi connectivity index (χ2v) is 6.40. The van der Waals surface area contributed by atoms with Crippen LogP contribution in [0, 0.1) is 5.92 Å². The van der Waals surface area contributed by atoms with E-state index in [0.29, 0.717) is 16.3 Å². The summed E-state index contributed by atoms with van der Waals surface area (Å²) in [5.41, 5.74) is 0. The Morgan fingerprint density at radius 1 is 1.47 bits per heavy atom. The lowest BCUT2D eigenvalue weighted by Gasteiger charge is -2.25.